The first-order chi connectivity index (χ1) is 12.5. The molecule has 26 heavy (non-hydrogen) atoms. The molecule has 0 aliphatic carbocycles. The third kappa shape index (κ3) is 2.82. The fraction of sp³-hybridized carbons (Fsp3) is 0.130. The van der Waals surface area contributed by atoms with Crippen LogP contribution in [0.4, 0.5) is 0 Å². The number of hydrogen-bond acceptors (Lipinski definition) is 0. The predicted octanol–water partition coefficient (Wildman–Crippen LogP) is 4.95. The Labute approximate surface area is 172 Å². The van der Waals surface area contributed by atoms with Crippen molar-refractivity contribution in [3.05, 3.63) is 91.9 Å². The van der Waals surface area contributed by atoms with E-state index in [0.717, 1.165) is 3.39 Å². The Kier molecular flexibility index (Phi) is 4.70. The van der Waals surface area contributed by atoms with Gasteiger partial charge in [0.1, 0.15) is 0 Å². The Morgan fingerprint density at radius 2 is 1.19 bits per heavy atom. The number of fused-ring (bicyclic) bond motifs is 2. The van der Waals surface area contributed by atoms with Crippen LogP contribution in [0.15, 0.2) is 64.1 Å². The maximum atomic E-state index is 3.69. The molecule has 4 rings (SSSR count). The molecule has 1 aliphatic rings. The third-order valence-electron chi connectivity index (χ3n) is 5.30. The van der Waals surface area contributed by atoms with Crippen LogP contribution in [-0.4, -0.2) is 6.71 Å². The van der Waals surface area contributed by atoms with Crippen LogP contribution in [0.25, 0.3) is 5.57 Å². The molecule has 0 unspecified atom stereocenters. The van der Waals surface area contributed by atoms with E-state index in [-0.39, 0.29) is 6.71 Å². The van der Waals surface area contributed by atoms with E-state index < -0.39 is 0 Å². The lowest BCUT2D eigenvalue weighted by Crippen LogP contribution is -2.58. The maximum absolute atomic E-state index is 3.69. The number of benzene rings is 3. The van der Waals surface area contributed by atoms with Crippen molar-refractivity contribution < 1.29 is 0 Å². The summed E-state index contributed by atoms with van der Waals surface area (Å²) in [7, 11) is 0. The average Bonchev–Trinajstić information content (AvgIpc) is 2.60. The Balaban J connectivity index is 2.11. The molecule has 0 amide bonds. The number of rotatable bonds is 1. The Hall–Kier alpha value is -1.58. The molecule has 0 spiro atoms. The molecule has 3 heteroatoms. The number of hydrogen-bond donors (Lipinski definition) is 0. The van der Waals surface area contributed by atoms with Crippen molar-refractivity contribution in [3.8, 4) is 0 Å². The predicted molar refractivity (Wildman–Crippen MR) is 122 cm³/mol. The molecule has 0 bridgehead atoms. The van der Waals surface area contributed by atoms with Crippen molar-refractivity contribution in [2.24, 2.45) is 0 Å². The van der Waals surface area contributed by atoms with Crippen molar-refractivity contribution in [3.63, 3.8) is 0 Å². The van der Waals surface area contributed by atoms with Gasteiger partial charge in [-0.05, 0) is 63.8 Å². The fourth-order valence-corrected chi connectivity index (χ4v) is 5.28. The highest BCUT2D eigenvalue weighted by molar-refractivity contribution is 9.28. The van der Waals surface area contributed by atoms with Crippen molar-refractivity contribution in [1.29, 1.82) is 0 Å². The van der Waals surface area contributed by atoms with E-state index in [1.165, 1.54) is 49.8 Å². The van der Waals surface area contributed by atoms with Crippen LogP contribution in [0.1, 0.15) is 27.8 Å². The minimum absolute atomic E-state index is 0.256. The van der Waals surface area contributed by atoms with Gasteiger partial charge >= 0.3 is 0 Å². The van der Waals surface area contributed by atoms with Gasteiger partial charge in [0.05, 0.1) is 3.39 Å². The zero-order chi connectivity index (χ0) is 18.4. The molecule has 1 heterocycles. The second-order valence-electron chi connectivity index (χ2n) is 7.06. The van der Waals surface area contributed by atoms with Gasteiger partial charge < -0.3 is 0 Å². The van der Waals surface area contributed by atoms with Gasteiger partial charge in [-0.2, -0.15) is 0 Å². The molecular formula is C23H19BBr2. The first-order valence-corrected chi connectivity index (χ1v) is 10.4. The van der Waals surface area contributed by atoms with Gasteiger partial charge in [-0.25, -0.2) is 0 Å². The monoisotopic (exact) mass is 464 g/mol. The van der Waals surface area contributed by atoms with E-state index in [0.29, 0.717) is 0 Å². The van der Waals surface area contributed by atoms with E-state index in [1.54, 1.807) is 0 Å². The maximum Gasteiger partial charge on any atom is 0.243 e. The molecule has 0 N–H and O–H groups in total. The van der Waals surface area contributed by atoms with Gasteiger partial charge in [0, 0.05) is 5.57 Å². The molecule has 128 valence electrons. The van der Waals surface area contributed by atoms with Crippen LogP contribution in [0.3, 0.4) is 0 Å². The van der Waals surface area contributed by atoms with Gasteiger partial charge in [0.25, 0.3) is 0 Å². The topological polar surface area (TPSA) is 0 Å². The van der Waals surface area contributed by atoms with E-state index in [4.69, 9.17) is 0 Å². The third-order valence-corrected chi connectivity index (χ3v) is 6.09. The second-order valence-corrected chi connectivity index (χ2v) is 9.71. The summed E-state index contributed by atoms with van der Waals surface area (Å²) in [5, 5.41) is 0. The van der Waals surface area contributed by atoms with E-state index >= 15 is 0 Å². The summed E-state index contributed by atoms with van der Waals surface area (Å²) in [5.74, 6) is 0. The average molecular weight is 466 g/mol. The molecule has 0 nitrogen and oxygen atoms in total. The largest absolute Gasteiger partial charge is 0.243 e. The summed E-state index contributed by atoms with van der Waals surface area (Å²) in [6, 6.07) is 22.2. The summed E-state index contributed by atoms with van der Waals surface area (Å²) in [6.45, 7) is 6.92. The highest BCUT2D eigenvalue weighted by Crippen LogP contribution is 2.34. The van der Waals surface area contributed by atoms with Crippen molar-refractivity contribution in [2.75, 3.05) is 0 Å². The molecule has 0 saturated heterocycles. The second kappa shape index (κ2) is 6.86. The molecule has 0 atom stereocenters. The molecule has 0 fully saturated rings. The molecular weight excluding hydrogens is 447 g/mol. The van der Waals surface area contributed by atoms with Crippen molar-refractivity contribution in [2.45, 2.75) is 20.8 Å². The molecule has 1 aliphatic heterocycles. The number of halogens is 2. The van der Waals surface area contributed by atoms with E-state index in [9.17, 15) is 0 Å². The number of aryl methyl sites for hydroxylation is 3. The summed E-state index contributed by atoms with van der Waals surface area (Å²) >= 11 is 7.37. The lowest BCUT2D eigenvalue weighted by atomic mass is 9.32. The summed E-state index contributed by atoms with van der Waals surface area (Å²) in [4.78, 5) is 0. The van der Waals surface area contributed by atoms with Crippen LogP contribution in [0.2, 0.25) is 0 Å². The lowest BCUT2D eigenvalue weighted by Gasteiger charge is -2.31. The van der Waals surface area contributed by atoms with Crippen molar-refractivity contribution in [1.82, 2.24) is 0 Å². The summed E-state index contributed by atoms with van der Waals surface area (Å²) < 4.78 is 1.00. The zero-order valence-corrected chi connectivity index (χ0v) is 18.3. The summed E-state index contributed by atoms with van der Waals surface area (Å²) in [5.41, 5.74) is 12.0. The zero-order valence-electron chi connectivity index (χ0n) is 15.1. The Bertz CT molecular complexity index is 973. The lowest BCUT2D eigenvalue weighted by molar-refractivity contribution is 1.35. The molecule has 0 saturated carbocycles. The smallest absolute Gasteiger partial charge is 0.0664 e. The van der Waals surface area contributed by atoms with Crippen LogP contribution >= 0.6 is 31.9 Å². The highest BCUT2D eigenvalue weighted by Gasteiger charge is 2.34. The van der Waals surface area contributed by atoms with Crippen LogP contribution in [0, 0.1) is 20.8 Å². The molecule has 0 radical (unpaired) electrons. The fourth-order valence-electron chi connectivity index (χ4n) is 4.43. The highest BCUT2D eigenvalue weighted by atomic mass is 79.9. The summed E-state index contributed by atoms with van der Waals surface area (Å²) in [6.07, 6.45) is 0. The Morgan fingerprint density at radius 3 is 1.65 bits per heavy atom. The van der Waals surface area contributed by atoms with Crippen LogP contribution < -0.4 is 16.4 Å². The van der Waals surface area contributed by atoms with Gasteiger partial charge in [-0.15, -0.1) is 0 Å². The first kappa shape index (κ1) is 17.8. The van der Waals surface area contributed by atoms with Gasteiger partial charge in [0.15, 0.2) is 0 Å². The first-order valence-electron chi connectivity index (χ1n) is 8.80. The molecule has 3 aromatic rings. The van der Waals surface area contributed by atoms with Crippen LogP contribution in [0.5, 0.6) is 0 Å². The molecule has 0 aromatic heterocycles. The SMILES string of the molecule is Cc1cc(C)c(B2c3ccccc3C(=C(Br)Br)c3ccccc32)c(C)c1. The normalized spacial score (nSPS) is 12.7. The minimum atomic E-state index is 0.256. The molecule has 3 aromatic carbocycles. The van der Waals surface area contributed by atoms with Gasteiger partial charge in [0.2, 0.25) is 6.71 Å². The minimum Gasteiger partial charge on any atom is -0.0664 e. The van der Waals surface area contributed by atoms with E-state index in [1.807, 2.05) is 0 Å². The van der Waals surface area contributed by atoms with E-state index in [2.05, 4.69) is 113 Å². The quantitative estimate of drug-likeness (QED) is 0.349. The van der Waals surface area contributed by atoms with Gasteiger partial charge in [-0.3, -0.25) is 0 Å². The van der Waals surface area contributed by atoms with Crippen LogP contribution in [-0.2, 0) is 0 Å². The van der Waals surface area contributed by atoms with Crippen molar-refractivity contribution >= 4 is 60.5 Å². The van der Waals surface area contributed by atoms with Gasteiger partial charge in [-0.1, -0.05) is 93.7 Å². The standard InChI is InChI=1S/C23H19BBr2/c1-14-12-15(2)22(16(3)13-14)24-19-10-6-4-8-17(19)21(23(25)26)18-9-5-7-11-20(18)24/h4-13H,1-3H3. The Morgan fingerprint density at radius 1 is 0.731 bits per heavy atom.